The Hall–Kier alpha value is -2.30. The Morgan fingerprint density at radius 2 is 1.96 bits per heavy atom. The molecule has 1 saturated carbocycles. The van der Waals surface area contributed by atoms with Gasteiger partial charge >= 0.3 is 0 Å². The number of nitrogens with one attached hydrogen (secondary N) is 2. The van der Waals surface area contributed by atoms with Crippen molar-refractivity contribution in [2.24, 2.45) is 0 Å². The number of anilines is 2. The minimum Gasteiger partial charge on any atom is -0.497 e. The van der Waals surface area contributed by atoms with E-state index >= 15 is 0 Å². The molecule has 2 aromatic rings. The molecule has 0 radical (unpaired) electrons. The molecule has 1 aromatic carbocycles. The molecule has 1 heterocycles. The summed E-state index contributed by atoms with van der Waals surface area (Å²) in [5, 5.41) is 6.89. The van der Waals surface area contributed by atoms with Crippen LogP contribution in [-0.2, 0) is 6.42 Å². The van der Waals surface area contributed by atoms with E-state index in [1.165, 1.54) is 44.1 Å². The molecule has 134 valence electrons. The molecule has 0 saturated heterocycles. The Morgan fingerprint density at radius 3 is 2.76 bits per heavy atom. The molecule has 1 aromatic heterocycles. The van der Waals surface area contributed by atoms with Crippen molar-refractivity contribution in [3.05, 3.63) is 42.1 Å². The van der Waals surface area contributed by atoms with E-state index in [4.69, 9.17) is 4.74 Å². The van der Waals surface area contributed by atoms with Crippen molar-refractivity contribution < 1.29 is 4.74 Å². The van der Waals surface area contributed by atoms with Gasteiger partial charge in [0.05, 0.1) is 7.11 Å². The molecule has 2 N–H and O–H groups in total. The fourth-order valence-corrected chi connectivity index (χ4v) is 3.30. The average Bonchev–Trinajstić information content (AvgIpc) is 2.91. The van der Waals surface area contributed by atoms with E-state index in [-0.39, 0.29) is 0 Å². The minimum absolute atomic E-state index is 0.544. The molecule has 3 rings (SSSR count). The second-order valence-electron chi connectivity index (χ2n) is 6.63. The Labute approximate surface area is 150 Å². The van der Waals surface area contributed by atoms with Crippen LogP contribution in [0.15, 0.2) is 36.5 Å². The van der Waals surface area contributed by atoms with Crippen molar-refractivity contribution in [1.82, 2.24) is 9.97 Å². The molecule has 0 bridgehead atoms. The van der Waals surface area contributed by atoms with Gasteiger partial charge in [-0.15, -0.1) is 0 Å². The monoisotopic (exact) mass is 340 g/mol. The van der Waals surface area contributed by atoms with Crippen LogP contribution < -0.4 is 15.4 Å². The predicted octanol–water partition coefficient (Wildman–Crippen LogP) is 4.27. The maximum atomic E-state index is 5.26. The second-order valence-corrected chi connectivity index (χ2v) is 6.63. The van der Waals surface area contributed by atoms with E-state index in [0.717, 1.165) is 24.5 Å². The quantitative estimate of drug-likeness (QED) is 0.737. The first kappa shape index (κ1) is 17.5. The number of nitrogens with zero attached hydrogens (tertiary/aromatic N) is 2. The number of ether oxygens (including phenoxy) is 1. The smallest absolute Gasteiger partial charge is 0.224 e. The molecule has 1 aliphatic carbocycles. The normalized spacial score (nSPS) is 15.4. The van der Waals surface area contributed by atoms with Gasteiger partial charge in [-0.2, -0.15) is 4.98 Å². The first-order chi connectivity index (χ1) is 12.3. The maximum absolute atomic E-state index is 5.26. The Bertz CT molecular complexity index is 654. The van der Waals surface area contributed by atoms with Crippen LogP contribution in [-0.4, -0.2) is 29.7 Å². The highest BCUT2D eigenvalue weighted by atomic mass is 16.5. The van der Waals surface area contributed by atoms with Crippen molar-refractivity contribution in [3.8, 4) is 5.75 Å². The number of hydrogen-bond donors (Lipinski definition) is 2. The van der Waals surface area contributed by atoms with Gasteiger partial charge in [0.25, 0.3) is 0 Å². The predicted molar refractivity (Wildman–Crippen MR) is 102 cm³/mol. The summed E-state index contributed by atoms with van der Waals surface area (Å²) < 4.78 is 5.26. The average molecular weight is 340 g/mol. The van der Waals surface area contributed by atoms with E-state index in [1.54, 1.807) is 7.11 Å². The number of aromatic nitrogens is 2. The maximum Gasteiger partial charge on any atom is 0.224 e. The molecule has 0 unspecified atom stereocenters. The van der Waals surface area contributed by atoms with E-state index in [1.807, 2.05) is 24.4 Å². The van der Waals surface area contributed by atoms with Crippen LogP contribution in [0.2, 0.25) is 0 Å². The van der Waals surface area contributed by atoms with E-state index in [2.05, 4.69) is 32.7 Å². The molecule has 5 heteroatoms. The number of benzene rings is 1. The van der Waals surface area contributed by atoms with Gasteiger partial charge in [0, 0.05) is 18.8 Å². The topological polar surface area (TPSA) is 59.1 Å². The van der Waals surface area contributed by atoms with Gasteiger partial charge in [-0.05, 0) is 43.0 Å². The van der Waals surface area contributed by atoms with Gasteiger partial charge in [-0.25, -0.2) is 4.98 Å². The Balaban J connectivity index is 1.50. The van der Waals surface area contributed by atoms with E-state index in [9.17, 15) is 0 Å². The molecule has 25 heavy (non-hydrogen) atoms. The lowest BCUT2D eigenvalue weighted by Crippen LogP contribution is -2.19. The summed E-state index contributed by atoms with van der Waals surface area (Å²) in [6, 6.07) is 10.6. The highest BCUT2D eigenvalue weighted by Gasteiger charge is 2.12. The summed E-state index contributed by atoms with van der Waals surface area (Å²) >= 11 is 0. The van der Waals surface area contributed by atoms with Gasteiger partial charge in [0.2, 0.25) is 5.95 Å². The van der Waals surface area contributed by atoms with E-state index in [0.29, 0.717) is 12.0 Å². The second kappa shape index (κ2) is 9.25. The lowest BCUT2D eigenvalue weighted by atomic mass is 10.1. The molecule has 1 aliphatic rings. The highest BCUT2D eigenvalue weighted by Crippen LogP contribution is 2.20. The number of methoxy groups -OCH3 is 1. The zero-order chi connectivity index (χ0) is 17.3. The standard InChI is InChI=1S/C20H28N4O/c1-25-18-10-6-7-16(15-18)11-13-21-20-22-14-12-19(24-20)23-17-8-4-2-3-5-9-17/h6-7,10,12,14-15,17H,2-5,8-9,11,13H2,1H3,(H2,21,22,23,24). The fraction of sp³-hybridized carbons (Fsp3) is 0.500. The SMILES string of the molecule is COc1cccc(CCNc2nccc(NC3CCCCCC3)n2)c1. The third-order valence-corrected chi connectivity index (χ3v) is 4.69. The lowest BCUT2D eigenvalue weighted by molar-refractivity contribution is 0.414. The van der Waals surface area contributed by atoms with Crippen LogP contribution in [0.25, 0.3) is 0 Å². The molecular formula is C20H28N4O. The third kappa shape index (κ3) is 5.62. The summed E-state index contributed by atoms with van der Waals surface area (Å²) in [7, 11) is 1.69. The van der Waals surface area contributed by atoms with Crippen molar-refractivity contribution in [3.63, 3.8) is 0 Å². The third-order valence-electron chi connectivity index (χ3n) is 4.69. The summed E-state index contributed by atoms with van der Waals surface area (Å²) in [6.45, 7) is 0.792. The van der Waals surface area contributed by atoms with E-state index < -0.39 is 0 Å². The molecular weight excluding hydrogens is 312 g/mol. The summed E-state index contributed by atoms with van der Waals surface area (Å²) in [4.78, 5) is 8.93. The first-order valence-electron chi connectivity index (χ1n) is 9.30. The van der Waals surface area contributed by atoms with Crippen LogP contribution >= 0.6 is 0 Å². The van der Waals surface area contributed by atoms with Crippen molar-refractivity contribution in [2.75, 3.05) is 24.3 Å². The van der Waals surface area contributed by atoms with Crippen LogP contribution in [0.4, 0.5) is 11.8 Å². The molecule has 0 spiro atoms. The molecule has 1 fully saturated rings. The van der Waals surface area contributed by atoms with Gasteiger partial charge in [-0.1, -0.05) is 37.8 Å². The molecule has 0 amide bonds. The number of hydrogen-bond acceptors (Lipinski definition) is 5. The minimum atomic E-state index is 0.544. The zero-order valence-corrected chi connectivity index (χ0v) is 15.0. The van der Waals surface area contributed by atoms with Crippen LogP contribution in [0, 0.1) is 0 Å². The van der Waals surface area contributed by atoms with Crippen LogP contribution in [0.1, 0.15) is 44.1 Å². The largest absolute Gasteiger partial charge is 0.497 e. The van der Waals surface area contributed by atoms with Crippen LogP contribution in [0.3, 0.4) is 0 Å². The van der Waals surface area contributed by atoms with Crippen molar-refractivity contribution in [1.29, 1.82) is 0 Å². The Morgan fingerprint density at radius 1 is 1.12 bits per heavy atom. The first-order valence-corrected chi connectivity index (χ1v) is 9.30. The summed E-state index contributed by atoms with van der Waals surface area (Å²) in [5.41, 5.74) is 1.24. The van der Waals surface area contributed by atoms with Crippen molar-refractivity contribution in [2.45, 2.75) is 51.0 Å². The molecule has 5 nitrogen and oxygen atoms in total. The number of rotatable bonds is 7. The van der Waals surface area contributed by atoms with Gasteiger partial charge in [0.15, 0.2) is 0 Å². The molecule has 0 atom stereocenters. The molecule has 0 aliphatic heterocycles. The highest BCUT2D eigenvalue weighted by molar-refractivity contribution is 5.40. The van der Waals surface area contributed by atoms with Crippen LogP contribution in [0.5, 0.6) is 5.75 Å². The van der Waals surface area contributed by atoms with Gasteiger partial charge in [0.1, 0.15) is 11.6 Å². The van der Waals surface area contributed by atoms with Gasteiger partial charge in [-0.3, -0.25) is 0 Å². The Kier molecular flexibility index (Phi) is 6.48. The van der Waals surface area contributed by atoms with Gasteiger partial charge < -0.3 is 15.4 Å². The zero-order valence-electron chi connectivity index (χ0n) is 15.0. The fourth-order valence-electron chi connectivity index (χ4n) is 3.30. The summed E-state index contributed by atoms with van der Waals surface area (Å²) in [5.74, 6) is 2.50. The van der Waals surface area contributed by atoms with Crippen molar-refractivity contribution >= 4 is 11.8 Å². The lowest BCUT2D eigenvalue weighted by Gasteiger charge is -2.17. The summed E-state index contributed by atoms with van der Waals surface area (Å²) in [6.07, 6.45) is 10.5.